The molecule has 2 heterocycles. The van der Waals surface area contributed by atoms with Crippen molar-refractivity contribution in [2.75, 3.05) is 29.9 Å². The maximum atomic E-state index is 13.1. The Labute approximate surface area is 199 Å². The largest absolute Gasteiger partial charge is 0.325 e. The van der Waals surface area contributed by atoms with E-state index in [2.05, 4.69) is 5.32 Å². The number of sulfonamides is 1. The molecule has 0 atom stereocenters. The van der Waals surface area contributed by atoms with E-state index in [-0.39, 0.29) is 22.6 Å². The minimum absolute atomic E-state index is 0.0197. The van der Waals surface area contributed by atoms with Crippen LogP contribution in [0.2, 0.25) is 0 Å². The number of amides is 2. The van der Waals surface area contributed by atoms with Gasteiger partial charge in [-0.2, -0.15) is 4.31 Å². The SMILES string of the molecule is CCN1C(=O)c2cccc3c(NC(=O)C4CCN(S(=O)(=O)c5ccc(C)cc5)CC4)ccc1c23. The van der Waals surface area contributed by atoms with Gasteiger partial charge in [-0.1, -0.05) is 29.8 Å². The van der Waals surface area contributed by atoms with Crippen LogP contribution in [0.4, 0.5) is 11.4 Å². The lowest BCUT2D eigenvalue weighted by molar-refractivity contribution is -0.120. The summed E-state index contributed by atoms with van der Waals surface area (Å²) in [5.74, 6) is -0.417. The number of hydrogen-bond acceptors (Lipinski definition) is 4. The molecule has 176 valence electrons. The highest BCUT2D eigenvalue weighted by Crippen LogP contribution is 2.40. The maximum absolute atomic E-state index is 13.1. The number of carbonyl (C=O) groups excluding carboxylic acids is 2. The first-order chi connectivity index (χ1) is 16.3. The molecule has 8 heteroatoms. The van der Waals surface area contributed by atoms with Crippen molar-refractivity contribution >= 4 is 44.0 Å². The van der Waals surface area contributed by atoms with E-state index in [0.717, 1.165) is 22.0 Å². The van der Waals surface area contributed by atoms with Crippen molar-refractivity contribution in [3.05, 3.63) is 65.7 Å². The van der Waals surface area contributed by atoms with Gasteiger partial charge in [0.15, 0.2) is 0 Å². The Kier molecular flexibility index (Phi) is 5.65. The van der Waals surface area contributed by atoms with E-state index in [1.807, 2.05) is 44.2 Å². The zero-order valence-corrected chi connectivity index (χ0v) is 20.1. The highest BCUT2D eigenvalue weighted by molar-refractivity contribution is 7.89. The van der Waals surface area contributed by atoms with E-state index in [0.29, 0.717) is 43.7 Å². The molecule has 1 fully saturated rings. The molecule has 3 aromatic rings. The molecule has 0 aromatic heterocycles. The van der Waals surface area contributed by atoms with E-state index in [1.165, 1.54) is 4.31 Å². The first-order valence-electron chi connectivity index (χ1n) is 11.6. The topological polar surface area (TPSA) is 86.8 Å². The van der Waals surface area contributed by atoms with Crippen LogP contribution in [0.25, 0.3) is 10.8 Å². The van der Waals surface area contributed by atoms with E-state index >= 15 is 0 Å². The van der Waals surface area contributed by atoms with Gasteiger partial charge in [0.1, 0.15) is 0 Å². The quantitative estimate of drug-likeness (QED) is 0.598. The smallest absolute Gasteiger partial charge is 0.258 e. The van der Waals surface area contributed by atoms with Crippen LogP contribution in [-0.2, 0) is 14.8 Å². The average Bonchev–Trinajstić information content (AvgIpc) is 3.13. The summed E-state index contributed by atoms with van der Waals surface area (Å²) in [6.07, 6.45) is 0.917. The molecule has 7 nitrogen and oxygen atoms in total. The normalized spacial score (nSPS) is 16.9. The van der Waals surface area contributed by atoms with Gasteiger partial charge < -0.3 is 10.2 Å². The van der Waals surface area contributed by atoms with Crippen LogP contribution in [0, 0.1) is 12.8 Å². The minimum Gasteiger partial charge on any atom is -0.325 e. The van der Waals surface area contributed by atoms with Crippen LogP contribution in [0.5, 0.6) is 0 Å². The number of rotatable bonds is 5. The van der Waals surface area contributed by atoms with Gasteiger partial charge in [0, 0.05) is 47.6 Å². The number of nitrogens with zero attached hydrogens (tertiary/aromatic N) is 2. The Morgan fingerprint density at radius 1 is 1.03 bits per heavy atom. The third-order valence-electron chi connectivity index (χ3n) is 6.84. The molecule has 1 saturated heterocycles. The van der Waals surface area contributed by atoms with Crippen molar-refractivity contribution in [1.82, 2.24) is 4.31 Å². The van der Waals surface area contributed by atoms with Crippen LogP contribution in [0.1, 0.15) is 35.7 Å². The molecule has 2 aliphatic rings. The molecule has 0 spiro atoms. The Morgan fingerprint density at radius 2 is 1.74 bits per heavy atom. The summed E-state index contributed by atoms with van der Waals surface area (Å²) in [5, 5.41) is 4.75. The molecule has 0 bridgehead atoms. The third kappa shape index (κ3) is 3.67. The lowest BCUT2D eigenvalue weighted by Crippen LogP contribution is -2.41. The van der Waals surface area contributed by atoms with Crippen LogP contribution in [0.3, 0.4) is 0 Å². The summed E-state index contributed by atoms with van der Waals surface area (Å²) in [5.41, 5.74) is 3.20. The second-order valence-electron chi connectivity index (χ2n) is 8.89. The molecule has 0 aliphatic carbocycles. The van der Waals surface area contributed by atoms with Gasteiger partial charge in [-0.3, -0.25) is 9.59 Å². The van der Waals surface area contributed by atoms with E-state index in [4.69, 9.17) is 0 Å². The molecule has 2 amide bonds. The van der Waals surface area contributed by atoms with Gasteiger partial charge in [0.05, 0.1) is 10.6 Å². The predicted octanol–water partition coefficient (Wildman–Crippen LogP) is 4.17. The summed E-state index contributed by atoms with van der Waals surface area (Å²) in [7, 11) is -3.57. The standard InChI is InChI=1S/C26H27N3O4S/c1-3-29-23-12-11-22(20-5-4-6-21(24(20)23)26(29)31)27-25(30)18-13-15-28(16-14-18)34(32,33)19-9-7-17(2)8-10-19/h4-12,18H,3,13-16H2,1-2H3,(H,27,30). The van der Waals surface area contributed by atoms with Gasteiger partial charge in [0.25, 0.3) is 5.91 Å². The first-order valence-corrected chi connectivity index (χ1v) is 13.0. The monoisotopic (exact) mass is 477 g/mol. The highest BCUT2D eigenvalue weighted by atomic mass is 32.2. The molecular formula is C26H27N3O4S. The minimum atomic E-state index is -3.57. The average molecular weight is 478 g/mol. The van der Waals surface area contributed by atoms with Gasteiger partial charge in [-0.15, -0.1) is 0 Å². The van der Waals surface area contributed by atoms with Crippen LogP contribution >= 0.6 is 0 Å². The van der Waals surface area contributed by atoms with Crippen LogP contribution in [-0.4, -0.2) is 44.2 Å². The maximum Gasteiger partial charge on any atom is 0.258 e. The van der Waals surface area contributed by atoms with Crippen LogP contribution in [0.15, 0.2) is 59.5 Å². The zero-order chi connectivity index (χ0) is 24.0. The second kappa shape index (κ2) is 8.52. The number of hydrogen-bond donors (Lipinski definition) is 1. The predicted molar refractivity (Wildman–Crippen MR) is 133 cm³/mol. The Balaban J connectivity index is 1.31. The summed E-state index contributed by atoms with van der Waals surface area (Å²) in [6, 6.07) is 16.1. The number of carbonyl (C=O) groups is 2. The van der Waals surface area contributed by atoms with E-state index in [9.17, 15) is 18.0 Å². The molecule has 5 rings (SSSR count). The van der Waals surface area contributed by atoms with E-state index in [1.54, 1.807) is 29.2 Å². The van der Waals surface area contributed by atoms with Crippen molar-refractivity contribution in [2.45, 2.75) is 31.6 Å². The molecule has 3 aromatic carbocycles. The van der Waals surface area contributed by atoms with Gasteiger partial charge in [-0.05, 0) is 57.0 Å². The molecule has 34 heavy (non-hydrogen) atoms. The molecule has 2 aliphatic heterocycles. The molecule has 0 radical (unpaired) electrons. The highest BCUT2D eigenvalue weighted by Gasteiger charge is 2.33. The van der Waals surface area contributed by atoms with Gasteiger partial charge >= 0.3 is 0 Å². The summed E-state index contributed by atoms with van der Waals surface area (Å²) in [4.78, 5) is 27.8. The molecule has 0 saturated carbocycles. The summed E-state index contributed by atoms with van der Waals surface area (Å²) < 4.78 is 27.4. The Bertz CT molecular complexity index is 1390. The van der Waals surface area contributed by atoms with Crippen molar-refractivity contribution in [3.8, 4) is 0 Å². The fourth-order valence-corrected chi connectivity index (χ4v) is 6.39. The number of benzene rings is 3. The number of anilines is 2. The van der Waals surface area contributed by atoms with Crippen molar-refractivity contribution in [2.24, 2.45) is 5.92 Å². The molecule has 0 unspecified atom stereocenters. The number of piperidine rings is 1. The first kappa shape index (κ1) is 22.6. The molecular weight excluding hydrogens is 450 g/mol. The van der Waals surface area contributed by atoms with Crippen molar-refractivity contribution in [3.63, 3.8) is 0 Å². The Morgan fingerprint density at radius 3 is 2.41 bits per heavy atom. The number of aryl methyl sites for hydroxylation is 1. The third-order valence-corrected chi connectivity index (χ3v) is 8.76. The zero-order valence-electron chi connectivity index (χ0n) is 19.2. The lowest BCUT2D eigenvalue weighted by Gasteiger charge is -2.30. The van der Waals surface area contributed by atoms with Gasteiger partial charge in [-0.25, -0.2) is 8.42 Å². The fourth-order valence-electron chi connectivity index (χ4n) is 4.92. The lowest BCUT2D eigenvalue weighted by atomic mass is 9.96. The fraction of sp³-hybridized carbons (Fsp3) is 0.308. The van der Waals surface area contributed by atoms with E-state index < -0.39 is 10.0 Å². The van der Waals surface area contributed by atoms with Crippen LogP contribution < -0.4 is 10.2 Å². The van der Waals surface area contributed by atoms with Gasteiger partial charge in [0.2, 0.25) is 15.9 Å². The Hall–Kier alpha value is -3.23. The second-order valence-corrected chi connectivity index (χ2v) is 10.8. The van der Waals surface area contributed by atoms with Crippen molar-refractivity contribution in [1.29, 1.82) is 0 Å². The van der Waals surface area contributed by atoms with Crippen molar-refractivity contribution < 1.29 is 18.0 Å². The molecule has 1 N–H and O–H groups in total. The number of nitrogens with one attached hydrogen (secondary N) is 1. The summed E-state index contributed by atoms with van der Waals surface area (Å²) in [6.45, 7) is 5.05. The summed E-state index contributed by atoms with van der Waals surface area (Å²) >= 11 is 0.